The van der Waals surface area contributed by atoms with Crippen molar-refractivity contribution >= 4 is 22.6 Å². The van der Waals surface area contributed by atoms with Crippen molar-refractivity contribution in [2.75, 3.05) is 26.8 Å². The summed E-state index contributed by atoms with van der Waals surface area (Å²) in [6, 6.07) is 8.09. The summed E-state index contributed by atoms with van der Waals surface area (Å²) < 4.78 is 45.0. The Balaban J connectivity index is 1.36. The highest BCUT2D eigenvalue weighted by Gasteiger charge is 2.33. The molecule has 1 aliphatic rings. The molecule has 0 aliphatic carbocycles. The summed E-state index contributed by atoms with van der Waals surface area (Å²) in [5, 5.41) is 5.49. The Labute approximate surface area is 195 Å². The van der Waals surface area contributed by atoms with Gasteiger partial charge in [0.1, 0.15) is 0 Å². The van der Waals surface area contributed by atoms with Crippen LogP contribution in [0.25, 0.3) is 10.9 Å². The highest BCUT2D eigenvalue weighted by Crippen LogP contribution is 2.30. The number of ketones is 1. The maximum Gasteiger partial charge on any atom is 0.416 e. The quantitative estimate of drug-likeness (QED) is 0.350. The van der Waals surface area contributed by atoms with Crippen LogP contribution in [-0.2, 0) is 17.5 Å². The van der Waals surface area contributed by atoms with Gasteiger partial charge in [-0.3, -0.25) is 14.3 Å². The third kappa shape index (κ3) is 5.14. The van der Waals surface area contributed by atoms with E-state index in [0.29, 0.717) is 44.6 Å². The van der Waals surface area contributed by atoms with E-state index in [0.717, 1.165) is 28.6 Å². The molecular weight excluding hydrogens is 447 g/mol. The number of halogens is 3. The summed E-state index contributed by atoms with van der Waals surface area (Å²) in [5.74, 6) is 0.00687. The monoisotopic (exact) mass is 473 g/mol. The molecule has 9 heteroatoms. The van der Waals surface area contributed by atoms with Crippen LogP contribution in [0.1, 0.15) is 44.7 Å². The van der Waals surface area contributed by atoms with Crippen LogP contribution in [0.4, 0.5) is 13.2 Å². The first-order valence-electron chi connectivity index (χ1n) is 11.1. The van der Waals surface area contributed by atoms with Crippen LogP contribution in [0.3, 0.4) is 0 Å². The molecule has 1 amide bonds. The second-order valence-corrected chi connectivity index (χ2v) is 8.75. The standard InChI is InChI=1S/C25H26F3N3O3/c1-16-10-22-19(11-21(16)23(32)4-3-9-34-2)15-31(29-22)14-17-12-30(13-17)24(33)18-5-7-20(8-6-18)25(26,27)28/h5-8,10-11,15,17H,3-4,9,12-14H2,1-2H3. The summed E-state index contributed by atoms with van der Waals surface area (Å²) in [4.78, 5) is 26.7. The summed E-state index contributed by atoms with van der Waals surface area (Å²) in [5.41, 5.74) is 1.86. The molecule has 0 spiro atoms. The van der Waals surface area contributed by atoms with E-state index in [1.54, 1.807) is 12.0 Å². The van der Waals surface area contributed by atoms with Gasteiger partial charge in [0.15, 0.2) is 5.78 Å². The summed E-state index contributed by atoms with van der Waals surface area (Å²) in [6.07, 6.45) is -1.41. The number of ether oxygens (including phenoxy) is 1. The molecule has 0 saturated carbocycles. The first kappa shape index (κ1) is 23.9. The van der Waals surface area contributed by atoms with Gasteiger partial charge in [0, 0.05) is 68.4 Å². The zero-order valence-electron chi connectivity index (χ0n) is 19.1. The van der Waals surface area contributed by atoms with Crippen LogP contribution in [0.2, 0.25) is 0 Å². The minimum atomic E-state index is -4.42. The molecule has 180 valence electrons. The molecule has 1 fully saturated rings. The van der Waals surface area contributed by atoms with E-state index in [4.69, 9.17) is 4.74 Å². The lowest BCUT2D eigenvalue weighted by Crippen LogP contribution is -2.51. The van der Waals surface area contributed by atoms with Crippen molar-refractivity contribution in [1.29, 1.82) is 0 Å². The predicted octanol–water partition coefficient (Wildman–Crippen LogP) is 4.75. The Morgan fingerprint density at radius 1 is 1.15 bits per heavy atom. The lowest BCUT2D eigenvalue weighted by Gasteiger charge is -2.39. The van der Waals surface area contributed by atoms with Crippen LogP contribution in [0.15, 0.2) is 42.6 Å². The molecule has 1 saturated heterocycles. The zero-order chi connectivity index (χ0) is 24.5. The first-order chi connectivity index (χ1) is 16.2. The Morgan fingerprint density at radius 3 is 2.50 bits per heavy atom. The largest absolute Gasteiger partial charge is 0.416 e. The smallest absolute Gasteiger partial charge is 0.385 e. The second-order valence-electron chi connectivity index (χ2n) is 8.75. The average molecular weight is 473 g/mol. The number of rotatable bonds is 8. The fraction of sp³-hybridized carbons (Fsp3) is 0.400. The molecule has 6 nitrogen and oxygen atoms in total. The number of aromatic nitrogens is 2. The molecule has 0 unspecified atom stereocenters. The summed E-state index contributed by atoms with van der Waals surface area (Å²) in [7, 11) is 1.61. The Kier molecular flexibility index (Phi) is 6.74. The number of carbonyl (C=O) groups excluding carboxylic acids is 2. The SMILES string of the molecule is COCCCC(=O)c1cc2cn(CC3CN(C(=O)c4ccc(C(F)(F)F)cc4)C3)nc2cc1C. The van der Waals surface area contributed by atoms with Crippen LogP contribution < -0.4 is 0 Å². The van der Waals surface area contributed by atoms with E-state index in [9.17, 15) is 22.8 Å². The number of methoxy groups -OCH3 is 1. The van der Waals surface area contributed by atoms with Gasteiger partial charge in [0.2, 0.25) is 0 Å². The van der Waals surface area contributed by atoms with E-state index in [2.05, 4.69) is 5.10 Å². The van der Waals surface area contributed by atoms with Gasteiger partial charge < -0.3 is 9.64 Å². The molecule has 2 aromatic carbocycles. The van der Waals surface area contributed by atoms with Crippen molar-refractivity contribution in [1.82, 2.24) is 14.7 Å². The number of carbonyl (C=O) groups is 2. The number of likely N-dealkylation sites (tertiary alicyclic amines) is 1. The minimum Gasteiger partial charge on any atom is -0.385 e. The normalized spacial score (nSPS) is 14.4. The number of hydrogen-bond acceptors (Lipinski definition) is 4. The molecule has 1 aliphatic heterocycles. The van der Waals surface area contributed by atoms with Gasteiger partial charge in [-0.15, -0.1) is 0 Å². The molecule has 0 N–H and O–H groups in total. The molecular formula is C25H26F3N3O3. The van der Waals surface area contributed by atoms with Gasteiger partial charge in [0.05, 0.1) is 11.1 Å². The zero-order valence-corrected chi connectivity index (χ0v) is 19.1. The molecule has 0 radical (unpaired) electrons. The molecule has 0 atom stereocenters. The van der Waals surface area contributed by atoms with Gasteiger partial charge in [-0.05, 0) is 55.3 Å². The van der Waals surface area contributed by atoms with Crippen LogP contribution >= 0.6 is 0 Å². The van der Waals surface area contributed by atoms with Crippen molar-refractivity contribution in [3.8, 4) is 0 Å². The highest BCUT2D eigenvalue weighted by molar-refractivity contribution is 6.00. The second kappa shape index (κ2) is 9.58. The lowest BCUT2D eigenvalue weighted by molar-refractivity contribution is -0.137. The number of benzene rings is 2. The molecule has 4 rings (SSSR count). The number of alkyl halides is 3. The number of aryl methyl sites for hydroxylation is 1. The number of amides is 1. The highest BCUT2D eigenvalue weighted by atomic mass is 19.4. The number of hydrogen-bond donors (Lipinski definition) is 0. The predicted molar refractivity (Wildman–Crippen MR) is 121 cm³/mol. The van der Waals surface area contributed by atoms with E-state index >= 15 is 0 Å². The van der Waals surface area contributed by atoms with Crippen molar-refractivity contribution in [3.05, 3.63) is 64.8 Å². The topological polar surface area (TPSA) is 64.4 Å². The van der Waals surface area contributed by atoms with Crippen LogP contribution in [-0.4, -0.2) is 53.2 Å². The third-order valence-corrected chi connectivity index (χ3v) is 6.10. The molecule has 3 aromatic rings. The van der Waals surface area contributed by atoms with Crippen LogP contribution in [0.5, 0.6) is 0 Å². The van der Waals surface area contributed by atoms with Gasteiger partial charge in [0.25, 0.3) is 5.91 Å². The third-order valence-electron chi connectivity index (χ3n) is 6.10. The van der Waals surface area contributed by atoms with E-state index in [1.807, 2.05) is 29.9 Å². The molecule has 34 heavy (non-hydrogen) atoms. The number of nitrogens with zero attached hydrogens (tertiary/aromatic N) is 3. The van der Waals surface area contributed by atoms with Crippen molar-refractivity contribution in [2.24, 2.45) is 5.92 Å². The van der Waals surface area contributed by atoms with Gasteiger partial charge >= 0.3 is 6.18 Å². The van der Waals surface area contributed by atoms with Crippen molar-refractivity contribution in [2.45, 2.75) is 32.5 Å². The molecule has 2 heterocycles. The average Bonchev–Trinajstić information content (AvgIpc) is 3.15. The van der Waals surface area contributed by atoms with Crippen LogP contribution in [0, 0.1) is 12.8 Å². The lowest BCUT2D eigenvalue weighted by atomic mass is 9.98. The Bertz CT molecular complexity index is 1200. The van der Waals surface area contributed by atoms with Crippen molar-refractivity contribution < 1.29 is 27.5 Å². The van der Waals surface area contributed by atoms with Crippen molar-refractivity contribution in [3.63, 3.8) is 0 Å². The van der Waals surface area contributed by atoms with E-state index < -0.39 is 11.7 Å². The number of fused-ring (bicyclic) bond motifs is 1. The first-order valence-corrected chi connectivity index (χ1v) is 11.1. The van der Waals surface area contributed by atoms with Gasteiger partial charge in [-0.1, -0.05) is 0 Å². The maximum absolute atomic E-state index is 12.7. The minimum absolute atomic E-state index is 0.0839. The fourth-order valence-corrected chi connectivity index (χ4v) is 4.23. The number of Topliss-reactive ketones (excluding diaryl/α,β-unsaturated/α-hetero) is 1. The van der Waals surface area contributed by atoms with E-state index in [1.165, 1.54) is 12.1 Å². The van der Waals surface area contributed by atoms with Gasteiger partial charge in [-0.25, -0.2) is 0 Å². The molecule has 1 aromatic heterocycles. The Morgan fingerprint density at radius 2 is 1.85 bits per heavy atom. The molecule has 0 bridgehead atoms. The maximum atomic E-state index is 12.7. The van der Waals surface area contributed by atoms with E-state index in [-0.39, 0.29) is 23.2 Å². The Hall–Kier alpha value is -3.20. The summed E-state index contributed by atoms with van der Waals surface area (Å²) in [6.45, 7) is 4.09. The fourth-order valence-electron chi connectivity index (χ4n) is 4.23. The van der Waals surface area contributed by atoms with Gasteiger partial charge in [-0.2, -0.15) is 18.3 Å². The summed E-state index contributed by atoms with van der Waals surface area (Å²) >= 11 is 0.